The van der Waals surface area contributed by atoms with E-state index in [1.54, 1.807) is 12.4 Å². The van der Waals surface area contributed by atoms with Gasteiger partial charge < -0.3 is 9.31 Å². The van der Waals surface area contributed by atoms with E-state index in [-0.39, 0.29) is 18.7 Å². The van der Waals surface area contributed by atoms with Crippen molar-refractivity contribution in [3.63, 3.8) is 0 Å². The molecular formula is C38H26BBrN2O4. The number of hydrogen-bond acceptors (Lipinski definition) is 6. The quantitative estimate of drug-likeness (QED) is 0.141. The molecule has 0 amide bonds. The summed E-state index contributed by atoms with van der Waals surface area (Å²) in [5.41, 5.74) is 9.94. The normalized spacial score (nSPS) is 13.5. The van der Waals surface area contributed by atoms with E-state index in [1.165, 1.54) is 0 Å². The van der Waals surface area contributed by atoms with Crippen LogP contribution < -0.4 is 5.46 Å². The monoisotopic (exact) mass is 664 g/mol. The van der Waals surface area contributed by atoms with Crippen molar-refractivity contribution in [3.05, 3.63) is 161 Å². The third-order valence-electron chi connectivity index (χ3n) is 7.96. The Bertz CT molecular complexity index is 2070. The first-order valence-corrected chi connectivity index (χ1v) is 15.6. The van der Waals surface area contributed by atoms with E-state index in [4.69, 9.17) is 9.31 Å². The molecule has 4 aromatic carbocycles. The Labute approximate surface area is 275 Å². The summed E-state index contributed by atoms with van der Waals surface area (Å²) < 4.78 is 11.8. The lowest BCUT2D eigenvalue weighted by Crippen LogP contribution is -2.32. The second kappa shape index (κ2) is 13.1. The number of pyridine rings is 2. The predicted molar refractivity (Wildman–Crippen MR) is 183 cm³/mol. The van der Waals surface area contributed by atoms with Crippen molar-refractivity contribution in [3.8, 4) is 33.5 Å². The number of halogens is 1. The molecule has 9 rings (SSSR count). The average Bonchev–Trinajstić information content (AvgIpc) is 3.83. The van der Waals surface area contributed by atoms with Gasteiger partial charge in [0.15, 0.2) is 11.6 Å². The molecule has 0 spiro atoms. The lowest BCUT2D eigenvalue weighted by Gasteiger charge is -2.06. The molecule has 2 aliphatic carbocycles. The molecule has 1 saturated heterocycles. The number of hydrogen-bond donors (Lipinski definition) is 0. The van der Waals surface area contributed by atoms with E-state index in [0.717, 1.165) is 65.8 Å². The fourth-order valence-corrected chi connectivity index (χ4v) is 6.08. The molecule has 3 heterocycles. The lowest BCUT2D eigenvalue weighted by atomic mass is 9.78. The van der Waals surface area contributed by atoms with Gasteiger partial charge in [-0.3, -0.25) is 14.6 Å². The Morgan fingerprint density at radius 1 is 0.522 bits per heavy atom. The van der Waals surface area contributed by atoms with Crippen molar-refractivity contribution in [1.82, 2.24) is 9.97 Å². The molecule has 0 N–H and O–H groups in total. The third-order valence-corrected chi connectivity index (χ3v) is 8.43. The number of carbonyl (C=O) groups is 2. The molecule has 0 radical (unpaired) electrons. The van der Waals surface area contributed by atoms with Gasteiger partial charge in [-0.05, 0) is 74.0 Å². The zero-order valence-corrected chi connectivity index (χ0v) is 26.2. The van der Waals surface area contributed by atoms with Gasteiger partial charge in [0.2, 0.25) is 0 Å². The maximum atomic E-state index is 12.5. The summed E-state index contributed by atoms with van der Waals surface area (Å²) in [5, 5.41) is 0. The van der Waals surface area contributed by atoms with Crippen molar-refractivity contribution >= 4 is 40.1 Å². The second-order valence-corrected chi connectivity index (χ2v) is 11.6. The van der Waals surface area contributed by atoms with Gasteiger partial charge in [0.25, 0.3) is 0 Å². The highest BCUT2D eigenvalue weighted by Gasteiger charge is 2.31. The number of rotatable bonds is 2. The van der Waals surface area contributed by atoms with E-state index >= 15 is 0 Å². The molecule has 8 heteroatoms. The maximum absolute atomic E-state index is 12.5. The van der Waals surface area contributed by atoms with E-state index in [0.29, 0.717) is 13.2 Å². The first kappa shape index (κ1) is 29.7. The minimum absolute atomic E-state index is 0.0884. The molecule has 0 unspecified atom stereocenters. The zero-order chi connectivity index (χ0) is 31.5. The molecule has 0 atom stereocenters. The van der Waals surface area contributed by atoms with Gasteiger partial charge in [0.05, 0.1) is 18.9 Å². The van der Waals surface area contributed by atoms with Crippen molar-refractivity contribution < 1.29 is 18.9 Å². The Hall–Kier alpha value is -5.02. The van der Waals surface area contributed by atoms with Crippen LogP contribution in [0.2, 0.25) is 0 Å². The highest BCUT2D eigenvalue weighted by atomic mass is 79.9. The number of nitrogens with zero attached hydrogens (tertiary/aromatic N) is 2. The van der Waals surface area contributed by atoms with Crippen LogP contribution in [0.5, 0.6) is 0 Å². The number of aromatic nitrogens is 2. The predicted octanol–water partition coefficient (Wildman–Crippen LogP) is 7.44. The first-order valence-electron chi connectivity index (χ1n) is 14.9. The standard InChI is InChI=1S/C18H11NO.C15H11BO3.C5H4BrN/c20-18-15-6-2-1-5-13(15)14-9-8-12(11-16(14)18)17-7-3-4-10-19-17;17-15-13-4-2-1-3-11(13)12-6-5-10(9-14(12)15)16-18-7-8-19-16;6-5-3-1-2-4-7-5/h1-11H;1-6,9H,7-8H2;1-4H. The summed E-state index contributed by atoms with van der Waals surface area (Å²) in [5.74, 6) is 0.193. The van der Waals surface area contributed by atoms with E-state index in [9.17, 15) is 9.59 Å². The molecular weight excluding hydrogens is 639 g/mol. The third kappa shape index (κ3) is 5.86. The average molecular weight is 665 g/mol. The van der Waals surface area contributed by atoms with Gasteiger partial charge in [-0.1, -0.05) is 91.0 Å². The Kier molecular flexibility index (Phi) is 8.48. The molecule has 0 bridgehead atoms. The highest BCUT2D eigenvalue weighted by molar-refractivity contribution is 9.10. The fraction of sp³-hybridized carbons (Fsp3) is 0.0526. The van der Waals surface area contributed by atoms with Gasteiger partial charge in [-0.15, -0.1) is 0 Å². The molecule has 6 aromatic rings. The Balaban J connectivity index is 0.000000122. The lowest BCUT2D eigenvalue weighted by molar-refractivity contribution is 0.103. The van der Waals surface area contributed by atoms with Crippen LogP contribution >= 0.6 is 15.9 Å². The molecule has 6 nitrogen and oxygen atoms in total. The zero-order valence-electron chi connectivity index (χ0n) is 24.6. The summed E-state index contributed by atoms with van der Waals surface area (Å²) in [6, 6.07) is 38.8. The SMILES string of the molecule is Brc1ccccn1.O=C1c2ccccc2-c2ccc(-c3ccccn3)cc21.O=C1c2ccccc2-c2ccc(B3OCCO3)cc21. The summed E-state index contributed by atoms with van der Waals surface area (Å²) in [7, 11) is -0.332. The molecule has 2 aromatic heterocycles. The van der Waals surface area contributed by atoms with Crippen LogP contribution in [0.1, 0.15) is 31.8 Å². The van der Waals surface area contributed by atoms with Crippen LogP contribution in [0, 0.1) is 0 Å². The Morgan fingerprint density at radius 2 is 1.04 bits per heavy atom. The van der Waals surface area contributed by atoms with E-state index < -0.39 is 0 Å². The smallest absolute Gasteiger partial charge is 0.405 e. The summed E-state index contributed by atoms with van der Waals surface area (Å²) >= 11 is 3.20. The summed E-state index contributed by atoms with van der Waals surface area (Å²) in [6.45, 7) is 1.21. The van der Waals surface area contributed by atoms with Gasteiger partial charge in [-0.25, -0.2) is 4.98 Å². The topological polar surface area (TPSA) is 78.4 Å². The van der Waals surface area contributed by atoms with Crippen molar-refractivity contribution in [2.45, 2.75) is 0 Å². The van der Waals surface area contributed by atoms with Crippen molar-refractivity contribution in [2.75, 3.05) is 13.2 Å². The summed E-state index contributed by atoms with van der Waals surface area (Å²) in [6.07, 6.45) is 3.50. The van der Waals surface area contributed by atoms with Crippen LogP contribution in [0.25, 0.3) is 33.5 Å². The van der Waals surface area contributed by atoms with Gasteiger partial charge in [0, 0.05) is 40.2 Å². The molecule has 3 aliphatic rings. The summed E-state index contributed by atoms with van der Waals surface area (Å²) in [4.78, 5) is 33.1. The number of ketones is 2. The molecule has 222 valence electrons. The van der Waals surface area contributed by atoms with Gasteiger partial charge in [0.1, 0.15) is 4.60 Å². The number of benzene rings is 4. The molecule has 0 saturated carbocycles. The minimum atomic E-state index is -0.332. The number of carbonyl (C=O) groups excluding carboxylic acids is 2. The van der Waals surface area contributed by atoms with Crippen LogP contribution in [-0.4, -0.2) is 41.9 Å². The molecule has 46 heavy (non-hydrogen) atoms. The molecule has 1 aliphatic heterocycles. The van der Waals surface area contributed by atoms with Crippen LogP contribution in [0.15, 0.2) is 138 Å². The van der Waals surface area contributed by atoms with E-state index in [1.807, 2.05) is 121 Å². The van der Waals surface area contributed by atoms with Crippen LogP contribution in [0.3, 0.4) is 0 Å². The largest absolute Gasteiger partial charge is 0.494 e. The Morgan fingerprint density at radius 3 is 1.59 bits per heavy atom. The molecule has 1 fully saturated rings. The number of fused-ring (bicyclic) bond motifs is 6. The van der Waals surface area contributed by atoms with Crippen molar-refractivity contribution in [2.24, 2.45) is 0 Å². The van der Waals surface area contributed by atoms with Gasteiger partial charge in [-0.2, -0.15) is 0 Å². The van der Waals surface area contributed by atoms with E-state index in [2.05, 4.69) is 25.9 Å². The second-order valence-electron chi connectivity index (χ2n) is 10.8. The fourth-order valence-electron chi connectivity index (χ4n) is 5.81. The maximum Gasteiger partial charge on any atom is 0.494 e. The van der Waals surface area contributed by atoms with Gasteiger partial charge >= 0.3 is 7.12 Å². The van der Waals surface area contributed by atoms with Crippen LogP contribution in [-0.2, 0) is 9.31 Å². The highest BCUT2D eigenvalue weighted by Crippen LogP contribution is 2.38. The first-order chi connectivity index (χ1) is 22.6. The minimum Gasteiger partial charge on any atom is -0.405 e. The van der Waals surface area contributed by atoms with Crippen molar-refractivity contribution in [1.29, 1.82) is 0 Å². The van der Waals surface area contributed by atoms with Crippen LogP contribution in [0.4, 0.5) is 0 Å².